The lowest BCUT2D eigenvalue weighted by molar-refractivity contribution is -0.126. The lowest BCUT2D eigenvalue weighted by atomic mass is 10.0. The Hall–Kier alpha value is -1.01. The zero-order valence-electron chi connectivity index (χ0n) is 13.8. The first kappa shape index (κ1) is 19.3. The highest BCUT2D eigenvalue weighted by molar-refractivity contribution is 6.33. The second-order valence-corrected chi connectivity index (χ2v) is 6.69. The van der Waals surface area contributed by atoms with E-state index >= 15 is 0 Å². The smallest absolute Gasteiger partial charge is 0.225 e. The number of halogens is 2. The minimum atomic E-state index is 0. The fourth-order valence-corrected chi connectivity index (χ4v) is 3.31. The van der Waals surface area contributed by atoms with Crippen molar-refractivity contribution in [3.8, 4) is 0 Å². The van der Waals surface area contributed by atoms with E-state index in [1.54, 1.807) is 0 Å². The molecule has 0 atom stereocenters. The lowest BCUT2D eigenvalue weighted by Gasteiger charge is -2.36. The fraction of sp³-hybridized carbons (Fsp3) is 0.588. The van der Waals surface area contributed by atoms with E-state index in [1.165, 1.54) is 0 Å². The van der Waals surface area contributed by atoms with Gasteiger partial charge in [-0.25, -0.2) is 0 Å². The molecule has 1 amide bonds. The summed E-state index contributed by atoms with van der Waals surface area (Å²) < 4.78 is 0. The topological polar surface area (TPSA) is 47.6 Å². The number of rotatable bonds is 6. The molecule has 2 aliphatic rings. The Morgan fingerprint density at radius 1 is 1.21 bits per heavy atom. The summed E-state index contributed by atoms with van der Waals surface area (Å²) in [5.41, 5.74) is 1.13. The van der Waals surface area contributed by atoms with Gasteiger partial charge in [0, 0.05) is 45.8 Å². The van der Waals surface area contributed by atoms with Crippen molar-refractivity contribution >= 4 is 35.6 Å². The van der Waals surface area contributed by atoms with Crippen LogP contribution in [0.25, 0.3) is 0 Å². The highest BCUT2D eigenvalue weighted by Crippen LogP contribution is 2.25. The minimum Gasteiger partial charge on any atom is -0.368 e. The van der Waals surface area contributed by atoms with Gasteiger partial charge in [-0.05, 0) is 25.1 Å². The molecule has 0 aliphatic carbocycles. The van der Waals surface area contributed by atoms with Gasteiger partial charge in [0.15, 0.2) is 0 Å². The van der Waals surface area contributed by atoms with Crippen LogP contribution in [0.4, 0.5) is 5.69 Å². The number of carbonyl (C=O) groups is 1. The number of hydrogen-bond donors (Lipinski definition) is 2. The average Bonchev–Trinajstić information content (AvgIpc) is 2.51. The number of para-hydroxylation sites is 1. The second kappa shape index (κ2) is 9.47. The van der Waals surface area contributed by atoms with Crippen LogP contribution >= 0.6 is 24.0 Å². The summed E-state index contributed by atoms with van der Waals surface area (Å²) in [6.07, 6.45) is 1.01. The zero-order chi connectivity index (χ0) is 16.1. The van der Waals surface area contributed by atoms with E-state index in [2.05, 4.69) is 26.5 Å². The number of hydrogen-bond acceptors (Lipinski definition) is 4. The highest BCUT2D eigenvalue weighted by Gasteiger charge is 2.24. The van der Waals surface area contributed by atoms with Crippen LogP contribution in [0.3, 0.4) is 0 Å². The quantitative estimate of drug-likeness (QED) is 0.744. The van der Waals surface area contributed by atoms with Gasteiger partial charge >= 0.3 is 0 Å². The van der Waals surface area contributed by atoms with Crippen molar-refractivity contribution in [3.05, 3.63) is 29.3 Å². The molecule has 2 heterocycles. The zero-order valence-corrected chi connectivity index (χ0v) is 15.4. The van der Waals surface area contributed by atoms with Crippen molar-refractivity contribution in [2.75, 3.05) is 57.3 Å². The monoisotopic (exact) mass is 372 g/mol. The maximum atomic E-state index is 11.7. The van der Waals surface area contributed by atoms with Gasteiger partial charge < -0.3 is 15.5 Å². The van der Waals surface area contributed by atoms with E-state index < -0.39 is 0 Å². The molecule has 3 rings (SSSR count). The molecule has 0 aromatic heterocycles. The van der Waals surface area contributed by atoms with Gasteiger partial charge in [0.05, 0.1) is 16.6 Å². The number of piperazine rings is 1. The highest BCUT2D eigenvalue weighted by atomic mass is 35.5. The third-order valence-electron chi connectivity index (χ3n) is 4.67. The first-order valence-electron chi connectivity index (χ1n) is 8.44. The number of nitrogens with zero attached hydrogens (tertiary/aromatic N) is 2. The number of anilines is 1. The third kappa shape index (κ3) is 4.99. The molecule has 5 nitrogen and oxygen atoms in total. The van der Waals surface area contributed by atoms with Crippen LogP contribution < -0.4 is 15.5 Å². The minimum absolute atomic E-state index is 0. The van der Waals surface area contributed by atoms with E-state index in [0.29, 0.717) is 0 Å². The van der Waals surface area contributed by atoms with Gasteiger partial charge in [0.1, 0.15) is 0 Å². The summed E-state index contributed by atoms with van der Waals surface area (Å²) >= 11 is 6.27. The van der Waals surface area contributed by atoms with Gasteiger partial charge in [-0.15, -0.1) is 12.4 Å². The van der Waals surface area contributed by atoms with E-state index in [-0.39, 0.29) is 24.2 Å². The van der Waals surface area contributed by atoms with E-state index in [1.807, 2.05) is 18.2 Å². The van der Waals surface area contributed by atoms with Crippen LogP contribution in [0.15, 0.2) is 24.3 Å². The molecule has 7 heteroatoms. The number of amides is 1. The fourth-order valence-electron chi connectivity index (χ4n) is 3.05. The van der Waals surface area contributed by atoms with Crippen molar-refractivity contribution in [1.29, 1.82) is 0 Å². The Morgan fingerprint density at radius 2 is 1.92 bits per heavy atom. The second-order valence-electron chi connectivity index (χ2n) is 6.28. The van der Waals surface area contributed by atoms with E-state index in [0.717, 1.165) is 69.5 Å². The van der Waals surface area contributed by atoms with Gasteiger partial charge in [-0.3, -0.25) is 9.69 Å². The maximum Gasteiger partial charge on any atom is 0.225 e. The Labute approximate surface area is 155 Å². The van der Waals surface area contributed by atoms with Crippen molar-refractivity contribution in [2.24, 2.45) is 5.92 Å². The molecule has 24 heavy (non-hydrogen) atoms. The molecule has 2 N–H and O–H groups in total. The number of nitrogens with one attached hydrogen (secondary N) is 2. The van der Waals surface area contributed by atoms with Gasteiger partial charge in [-0.1, -0.05) is 23.7 Å². The molecular weight excluding hydrogens is 347 g/mol. The van der Waals surface area contributed by atoms with Crippen LogP contribution in [0.5, 0.6) is 0 Å². The van der Waals surface area contributed by atoms with Crippen LogP contribution in [-0.2, 0) is 4.79 Å². The van der Waals surface area contributed by atoms with Crippen LogP contribution in [-0.4, -0.2) is 63.2 Å². The Bertz CT molecular complexity index is 531. The molecule has 2 saturated heterocycles. The predicted octanol–water partition coefficient (Wildman–Crippen LogP) is 1.61. The largest absolute Gasteiger partial charge is 0.368 e. The normalized spacial score (nSPS) is 18.6. The van der Waals surface area contributed by atoms with Crippen molar-refractivity contribution in [3.63, 3.8) is 0 Å². The molecular formula is C17H26Cl2N4O. The standard InChI is InChI=1S/C17H25ClN4O.ClH/c18-15-4-1-2-5-16(15)22-10-8-21(9-11-22)7-3-6-20-17(23)14-12-19-13-14;/h1-2,4-5,14,19H,3,6-13H2,(H,20,23);1H. The molecule has 0 unspecified atom stereocenters. The molecule has 0 radical (unpaired) electrons. The molecule has 2 fully saturated rings. The van der Waals surface area contributed by atoms with Crippen molar-refractivity contribution in [2.45, 2.75) is 6.42 Å². The maximum absolute atomic E-state index is 11.7. The van der Waals surface area contributed by atoms with Gasteiger partial charge in [-0.2, -0.15) is 0 Å². The van der Waals surface area contributed by atoms with Crippen LogP contribution in [0.1, 0.15) is 6.42 Å². The van der Waals surface area contributed by atoms with Crippen LogP contribution in [0, 0.1) is 5.92 Å². The summed E-state index contributed by atoms with van der Waals surface area (Å²) in [6, 6.07) is 8.04. The molecule has 1 aromatic rings. The first-order chi connectivity index (χ1) is 11.2. The Kier molecular flexibility index (Phi) is 7.62. The number of carbonyl (C=O) groups excluding carboxylic acids is 1. The van der Waals surface area contributed by atoms with Crippen LogP contribution in [0.2, 0.25) is 5.02 Å². The van der Waals surface area contributed by atoms with E-state index in [9.17, 15) is 4.79 Å². The summed E-state index contributed by atoms with van der Waals surface area (Å²) in [4.78, 5) is 16.5. The molecule has 0 spiro atoms. The predicted molar refractivity (Wildman–Crippen MR) is 101 cm³/mol. The summed E-state index contributed by atoms with van der Waals surface area (Å²) in [5.74, 6) is 0.390. The van der Waals surface area contributed by atoms with Gasteiger partial charge in [0.25, 0.3) is 0 Å². The lowest BCUT2D eigenvalue weighted by Crippen LogP contribution is -2.51. The molecule has 2 aliphatic heterocycles. The van der Waals surface area contributed by atoms with Crippen molar-refractivity contribution in [1.82, 2.24) is 15.5 Å². The third-order valence-corrected chi connectivity index (χ3v) is 4.99. The Morgan fingerprint density at radius 3 is 2.54 bits per heavy atom. The average molecular weight is 373 g/mol. The summed E-state index contributed by atoms with van der Waals surface area (Å²) in [5, 5.41) is 6.98. The molecule has 0 saturated carbocycles. The summed E-state index contributed by atoms with van der Waals surface area (Å²) in [7, 11) is 0. The molecule has 134 valence electrons. The molecule has 0 bridgehead atoms. The van der Waals surface area contributed by atoms with E-state index in [4.69, 9.17) is 11.6 Å². The van der Waals surface area contributed by atoms with Gasteiger partial charge in [0.2, 0.25) is 5.91 Å². The summed E-state index contributed by atoms with van der Waals surface area (Å²) in [6.45, 7) is 7.58. The Balaban J connectivity index is 0.00000208. The SMILES string of the molecule is Cl.O=C(NCCCN1CCN(c2ccccc2Cl)CC1)C1CNC1. The molecule has 1 aromatic carbocycles. The van der Waals surface area contributed by atoms with Crippen molar-refractivity contribution < 1.29 is 4.79 Å². The number of benzene rings is 1. The first-order valence-corrected chi connectivity index (χ1v) is 8.82.